The fourth-order valence-corrected chi connectivity index (χ4v) is 0.883. The highest BCUT2D eigenvalue weighted by molar-refractivity contribution is 5.94. The Morgan fingerprint density at radius 3 is 2.71 bits per heavy atom. The summed E-state index contributed by atoms with van der Waals surface area (Å²) in [6, 6.07) is -1.02. The molecule has 0 saturated heterocycles. The zero-order chi connectivity index (χ0) is 12.8. The highest BCUT2D eigenvalue weighted by atomic mass is 16.5. The van der Waals surface area contributed by atoms with Gasteiger partial charge in [0.1, 0.15) is 12.9 Å². The van der Waals surface area contributed by atoms with Crippen molar-refractivity contribution in [2.75, 3.05) is 12.3 Å². The van der Waals surface area contributed by atoms with Crippen molar-refractivity contribution in [2.24, 2.45) is 5.73 Å². The molecule has 0 aromatic carbocycles. The maximum absolute atomic E-state index is 11.2. The standard InChI is InChI=1S/C7H10N6O4/c8-6-10-3-13(12-6)1-5(15)17-2-4(14)11-7(9)16/h3H,1-2H2,(H2,8,12)(H3,9,11,14,16). The molecule has 0 aliphatic rings. The first kappa shape index (κ1) is 12.4. The van der Waals surface area contributed by atoms with E-state index in [4.69, 9.17) is 5.73 Å². The lowest BCUT2D eigenvalue weighted by Crippen LogP contribution is -2.38. The molecular formula is C7H10N6O4. The summed E-state index contributed by atoms with van der Waals surface area (Å²) >= 11 is 0. The average Bonchev–Trinajstić information content (AvgIpc) is 2.60. The Labute approximate surface area is 94.9 Å². The van der Waals surface area contributed by atoms with Gasteiger partial charge >= 0.3 is 12.0 Å². The fourth-order valence-electron chi connectivity index (χ4n) is 0.883. The Kier molecular flexibility index (Phi) is 3.97. The minimum absolute atomic E-state index is 0.0178. The molecule has 0 spiro atoms. The Morgan fingerprint density at radius 1 is 1.47 bits per heavy atom. The predicted molar refractivity (Wildman–Crippen MR) is 53.1 cm³/mol. The molecule has 0 unspecified atom stereocenters. The number of nitrogens with one attached hydrogen (secondary N) is 1. The third kappa shape index (κ3) is 4.59. The van der Waals surface area contributed by atoms with Gasteiger partial charge in [-0.1, -0.05) is 0 Å². The summed E-state index contributed by atoms with van der Waals surface area (Å²) in [5.74, 6) is -1.53. The molecule has 1 aromatic heterocycles. The third-order valence-electron chi connectivity index (χ3n) is 1.47. The zero-order valence-corrected chi connectivity index (χ0v) is 8.62. The average molecular weight is 242 g/mol. The van der Waals surface area contributed by atoms with E-state index >= 15 is 0 Å². The van der Waals surface area contributed by atoms with Gasteiger partial charge in [0.15, 0.2) is 6.61 Å². The second kappa shape index (κ2) is 5.44. The second-order valence-electron chi connectivity index (χ2n) is 2.87. The number of amides is 3. The summed E-state index contributed by atoms with van der Waals surface area (Å²) in [7, 11) is 0. The molecule has 0 saturated carbocycles. The summed E-state index contributed by atoms with van der Waals surface area (Å²) in [5, 5.41) is 5.37. The van der Waals surface area contributed by atoms with Crippen molar-refractivity contribution in [3.8, 4) is 0 Å². The van der Waals surface area contributed by atoms with E-state index in [0.717, 1.165) is 4.68 Å². The van der Waals surface area contributed by atoms with Crippen LogP contribution in [0.2, 0.25) is 0 Å². The molecule has 1 rings (SSSR count). The van der Waals surface area contributed by atoms with Crippen LogP contribution in [0, 0.1) is 0 Å². The number of esters is 1. The topological polar surface area (TPSA) is 155 Å². The van der Waals surface area contributed by atoms with E-state index in [1.807, 2.05) is 0 Å². The van der Waals surface area contributed by atoms with Crippen LogP contribution in [0.5, 0.6) is 0 Å². The summed E-state index contributed by atoms with van der Waals surface area (Å²) in [5.41, 5.74) is 9.90. The maximum atomic E-state index is 11.2. The number of nitrogens with zero attached hydrogens (tertiary/aromatic N) is 3. The number of aromatic nitrogens is 3. The fraction of sp³-hybridized carbons (Fsp3) is 0.286. The smallest absolute Gasteiger partial charge is 0.328 e. The molecule has 1 heterocycles. The monoisotopic (exact) mass is 242 g/mol. The van der Waals surface area contributed by atoms with Crippen molar-refractivity contribution in [3.05, 3.63) is 6.33 Å². The van der Waals surface area contributed by atoms with E-state index in [0.29, 0.717) is 0 Å². The Morgan fingerprint density at radius 2 is 2.18 bits per heavy atom. The summed E-state index contributed by atoms with van der Waals surface area (Å²) < 4.78 is 5.67. The van der Waals surface area contributed by atoms with Gasteiger partial charge in [-0.25, -0.2) is 14.5 Å². The van der Waals surface area contributed by atoms with Gasteiger partial charge in [0.25, 0.3) is 5.91 Å². The molecule has 10 heteroatoms. The summed E-state index contributed by atoms with van der Waals surface area (Å²) in [4.78, 5) is 35.9. The van der Waals surface area contributed by atoms with E-state index in [2.05, 4.69) is 20.6 Å². The minimum atomic E-state index is -1.02. The molecule has 0 bridgehead atoms. The lowest BCUT2D eigenvalue weighted by Gasteiger charge is -2.03. The van der Waals surface area contributed by atoms with Gasteiger partial charge in [-0.05, 0) is 0 Å². The van der Waals surface area contributed by atoms with Crippen molar-refractivity contribution in [1.82, 2.24) is 20.1 Å². The largest absolute Gasteiger partial charge is 0.454 e. The van der Waals surface area contributed by atoms with E-state index in [1.165, 1.54) is 6.33 Å². The van der Waals surface area contributed by atoms with Gasteiger partial charge in [0.05, 0.1) is 0 Å². The first-order valence-electron chi connectivity index (χ1n) is 4.37. The highest BCUT2D eigenvalue weighted by Crippen LogP contribution is 1.91. The molecule has 3 amide bonds. The van der Waals surface area contributed by atoms with Gasteiger partial charge < -0.3 is 16.2 Å². The van der Waals surface area contributed by atoms with Crippen LogP contribution >= 0.6 is 0 Å². The van der Waals surface area contributed by atoms with Crippen LogP contribution in [0.1, 0.15) is 0 Å². The molecule has 0 atom stereocenters. The maximum Gasteiger partial charge on any atom is 0.328 e. The molecule has 17 heavy (non-hydrogen) atoms. The van der Waals surface area contributed by atoms with Gasteiger partial charge in [0.2, 0.25) is 5.95 Å². The third-order valence-corrected chi connectivity index (χ3v) is 1.47. The summed E-state index contributed by atoms with van der Waals surface area (Å²) in [6.45, 7) is -0.847. The molecule has 0 fully saturated rings. The van der Waals surface area contributed by atoms with Crippen LogP contribution < -0.4 is 16.8 Å². The number of nitrogen functional groups attached to an aromatic ring is 1. The van der Waals surface area contributed by atoms with Crippen LogP contribution in [0.15, 0.2) is 6.33 Å². The number of hydrogen-bond acceptors (Lipinski definition) is 7. The van der Waals surface area contributed by atoms with Gasteiger partial charge in [-0.3, -0.25) is 14.9 Å². The molecule has 5 N–H and O–H groups in total. The first-order chi connectivity index (χ1) is 7.97. The Hall–Kier alpha value is -2.65. The SMILES string of the molecule is NC(=O)NC(=O)COC(=O)Cn1cnc(N)n1. The number of nitrogens with two attached hydrogens (primary N) is 2. The second-order valence-corrected chi connectivity index (χ2v) is 2.87. The van der Waals surface area contributed by atoms with Crippen molar-refractivity contribution < 1.29 is 19.1 Å². The van der Waals surface area contributed by atoms with E-state index in [1.54, 1.807) is 5.32 Å². The van der Waals surface area contributed by atoms with Crippen LogP contribution in [-0.4, -0.2) is 39.3 Å². The quantitative estimate of drug-likeness (QED) is 0.497. The first-order valence-corrected chi connectivity index (χ1v) is 4.37. The number of carbonyl (C=O) groups is 3. The predicted octanol–water partition coefficient (Wildman–Crippen LogP) is -2.40. The van der Waals surface area contributed by atoms with Crippen molar-refractivity contribution in [1.29, 1.82) is 0 Å². The lowest BCUT2D eigenvalue weighted by molar-refractivity contribution is -0.149. The van der Waals surface area contributed by atoms with Gasteiger partial charge in [0, 0.05) is 0 Å². The number of rotatable bonds is 4. The highest BCUT2D eigenvalue weighted by Gasteiger charge is 2.10. The van der Waals surface area contributed by atoms with E-state index in [9.17, 15) is 14.4 Å². The zero-order valence-electron chi connectivity index (χ0n) is 8.62. The number of carbonyl (C=O) groups excluding carboxylic acids is 3. The molecular weight excluding hydrogens is 232 g/mol. The Bertz CT molecular complexity index is 441. The number of hydrogen-bond donors (Lipinski definition) is 3. The van der Waals surface area contributed by atoms with Crippen molar-refractivity contribution in [3.63, 3.8) is 0 Å². The Balaban J connectivity index is 2.30. The van der Waals surface area contributed by atoms with Crippen molar-refractivity contribution >= 4 is 23.9 Å². The molecule has 1 aromatic rings. The minimum Gasteiger partial charge on any atom is -0.454 e. The van der Waals surface area contributed by atoms with Gasteiger partial charge in [-0.2, -0.15) is 0 Å². The number of imide groups is 1. The molecule has 92 valence electrons. The van der Waals surface area contributed by atoms with Gasteiger partial charge in [-0.15, -0.1) is 5.10 Å². The number of primary amides is 1. The van der Waals surface area contributed by atoms with E-state index < -0.39 is 24.5 Å². The van der Waals surface area contributed by atoms with Crippen LogP contribution in [-0.2, 0) is 20.9 Å². The molecule has 0 aliphatic carbocycles. The molecule has 10 nitrogen and oxygen atoms in total. The normalized spacial score (nSPS) is 9.65. The van der Waals surface area contributed by atoms with Crippen molar-refractivity contribution in [2.45, 2.75) is 6.54 Å². The summed E-state index contributed by atoms with van der Waals surface area (Å²) in [6.07, 6.45) is 1.24. The molecule has 0 radical (unpaired) electrons. The van der Waals surface area contributed by atoms with E-state index in [-0.39, 0.29) is 12.5 Å². The van der Waals surface area contributed by atoms with Crippen LogP contribution in [0.25, 0.3) is 0 Å². The number of anilines is 1. The number of urea groups is 1. The molecule has 0 aliphatic heterocycles. The lowest BCUT2D eigenvalue weighted by atomic mass is 10.6. The number of ether oxygens (including phenoxy) is 1. The van der Waals surface area contributed by atoms with Crippen LogP contribution in [0.4, 0.5) is 10.7 Å². The van der Waals surface area contributed by atoms with Crippen LogP contribution in [0.3, 0.4) is 0 Å².